The van der Waals surface area contributed by atoms with Gasteiger partial charge in [0.05, 0.1) is 12.1 Å². The van der Waals surface area contributed by atoms with Crippen LogP contribution >= 0.6 is 22.9 Å². The van der Waals surface area contributed by atoms with Crippen molar-refractivity contribution < 1.29 is 19.1 Å². The summed E-state index contributed by atoms with van der Waals surface area (Å²) in [6.07, 6.45) is 1.19. The highest BCUT2D eigenvalue weighted by Gasteiger charge is 2.18. The van der Waals surface area contributed by atoms with Crippen molar-refractivity contribution in [3.05, 3.63) is 57.9 Å². The van der Waals surface area contributed by atoms with Crippen molar-refractivity contribution in [2.24, 2.45) is 0 Å². The first-order valence-corrected chi connectivity index (χ1v) is 10.4. The summed E-state index contributed by atoms with van der Waals surface area (Å²) in [6, 6.07) is 11.7. The minimum atomic E-state index is -0.517. The number of hydrogen-bond donors (Lipinski definition) is 3. The number of halogens is 1. The maximum absolute atomic E-state index is 12.5. The standard InChI is InChI=1S/C21H20ClN3O4S/c1-3-4-17(26)23-13-7-5-12(6-8-13)20(27)24-25-21(28)19-18(22)15-10-9-14(29-2)11-16(15)30-19/h5-11H,3-4H2,1-2H3,(H,23,26)(H,24,27)(H,25,28). The van der Waals surface area contributed by atoms with Crippen LogP contribution in [0.3, 0.4) is 0 Å². The van der Waals surface area contributed by atoms with Gasteiger partial charge in [-0.2, -0.15) is 0 Å². The molecule has 1 aromatic heterocycles. The molecule has 3 N–H and O–H groups in total. The Bertz CT molecular complexity index is 1100. The molecule has 0 saturated carbocycles. The first kappa shape index (κ1) is 21.6. The molecule has 0 aliphatic heterocycles. The lowest BCUT2D eigenvalue weighted by Gasteiger charge is -2.08. The lowest BCUT2D eigenvalue weighted by molar-refractivity contribution is -0.116. The van der Waals surface area contributed by atoms with E-state index in [-0.39, 0.29) is 10.8 Å². The Morgan fingerprint density at radius 2 is 1.73 bits per heavy atom. The molecule has 0 atom stereocenters. The van der Waals surface area contributed by atoms with E-state index in [2.05, 4.69) is 16.2 Å². The molecule has 0 radical (unpaired) electrons. The van der Waals surface area contributed by atoms with Crippen LogP contribution < -0.4 is 20.9 Å². The maximum Gasteiger partial charge on any atom is 0.281 e. The van der Waals surface area contributed by atoms with E-state index in [1.165, 1.54) is 11.3 Å². The first-order chi connectivity index (χ1) is 14.4. The molecule has 0 fully saturated rings. The van der Waals surface area contributed by atoms with Crippen molar-refractivity contribution in [1.82, 2.24) is 10.9 Å². The van der Waals surface area contributed by atoms with E-state index in [9.17, 15) is 14.4 Å². The van der Waals surface area contributed by atoms with Crippen LogP contribution in [-0.4, -0.2) is 24.8 Å². The number of fused-ring (bicyclic) bond motifs is 1. The fourth-order valence-corrected chi connectivity index (χ4v) is 4.16. The Morgan fingerprint density at radius 3 is 2.40 bits per heavy atom. The zero-order valence-corrected chi connectivity index (χ0v) is 17.9. The van der Waals surface area contributed by atoms with E-state index in [0.717, 1.165) is 16.5 Å². The van der Waals surface area contributed by atoms with E-state index in [0.29, 0.717) is 28.4 Å². The highest BCUT2D eigenvalue weighted by atomic mass is 35.5. The average molecular weight is 446 g/mol. The summed E-state index contributed by atoms with van der Waals surface area (Å²) in [5.74, 6) is -0.430. The van der Waals surface area contributed by atoms with Gasteiger partial charge < -0.3 is 10.1 Å². The lowest BCUT2D eigenvalue weighted by atomic mass is 10.2. The van der Waals surface area contributed by atoms with Gasteiger partial charge in [0, 0.05) is 27.8 Å². The van der Waals surface area contributed by atoms with Crippen molar-refractivity contribution in [2.75, 3.05) is 12.4 Å². The molecule has 0 aliphatic carbocycles. The molecule has 7 nitrogen and oxygen atoms in total. The number of ether oxygens (including phenoxy) is 1. The molecular weight excluding hydrogens is 426 g/mol. The van der Waals surface area contributed by atoms with Crippen LogP contribution in [0.15, 0.2) is 42.5 Å². The Morgan fingerprint density at radius 1 is 1.03 bits per heavy atom. The van der Waals surface area contributed by atoms with Gasteiger partial charge in [0.1, 0.15) is 10.6 Å². The number of anilines is 1. The average Bonchev–Trinajstić information content (AvgIpc) is 3.08. The number of amides is 3. The minimum absolute atomic E-state index is 0.0835. The third-order valence-corrected chi connectivity index (χ3v) is 5.90. The van der Waals surface area contributed by atoms with Gasteiger partial charge in [0.2, 0.25) is 5.91 Å². The Balaban J connectivity index is 1.63. The number of nitrogens with one attached hydrogen (secondary N) is 3. The molecule has 156 valence electrons. The third-order valence-electron chi connectivity index (χ3n) is 4.24. The van der Waals surface area contributed by atoms with Crippen LogP contribution in [0.2, 0.25) is 5.02 Å². The number of rotatable bonds is 6. The largest absolute Gasteiger partial charge is 0.497 e. The summed E-state index contributed by atoms with van der Waals surface area (Å²) in [6.45, 7) is 1.92. The maximum atomic E-state index is 12.5. The van der Waals surface area contributed by atoms with E-state index >= 15 is 0 Å². The first-order valence-electron chi connectivity index (χ1n) is 9.19. The van der Waals surface area contributed by atoms with Gasteiger partial charge in [-0.15, -0.1) is 11.3 Å². The number of benzene rings is 2. The highest BCUT2D eigenvalue weighted by molar-refractivity contribution is 7.21. The van der Waals surface area contributed by atoms with Crippen molar-refractivity contribution in [2.45, 2.75) is 19.8 Å². The quantitative estimate of drug-likeness (QED) is 0.490. The fourth-order valence-electron chi connectivity index (χ4n) is 2.72. The zero-order chi connectivity index (χ0) is 21.7. The molecule has 0 saturated heterocycles. The summed E-state index contributed by atoms with van der Waals surface area (Å²) in [4.78, 5) is 36.7. The number of methoxy groups -OCH3 is 1. The van der Waals surface area contributed by atoms with Crippen molar-refractivity contribution in [3.63, 3.8) is 0 Å². The summed E-state index contributed by atoms with van der Waals surface area (Å²) in [5.41, 5.74) is 5.68. The SMILES string of the molecule is CCCC(=O)Nc1ccc(C(=O)NNC(=O)c2sc3cc(OC)ccc3c2Cl)cc1. The smallest absolute Gasteiger partial charge is 0.281 e. The molecule has 0 unspecified atom stereocenters. The number of hydrazine groups is 1. The van der Waals surface area contributed by atoms with Crippen molar-refractivity contribution in [1.29, 1.82) is 0 Å². The second-order valence-electron chi connectivity index (χ2n) is 6.39. The zero-order valence-electron chi connectivity index (χ0n) is 16.4. The predicted octanol–water partition coefficient (Wildman–Crippen LogP) is 4.38. The number of carbonyl (C=O) groups excluding carboxylic acids is 3. The molecule has 1 heterocycles. The molecule has 3 amide bonds. The Kier molecular flexibility index (Phi) is 6.91. The van der Waals surface area contributed by atoms with Crippen LogP contribution in [0.1, 0.15) is 39.8 Å². The molecule has 3 rings (SSSR count). The van der Waals surface area contributed by atoms with Crippen LogP contribution in [0, 0.1) is 0 Å². The molecule has 9 heteroatoms. The molecule has 2 aromatic carbocycles. The van der Waals surface area contributed by atoms with Gasteiger partial charge >= 0.3 is 0 Å². The van der Waals surface area contributed by atoms with Gasteiger partial charge in [-0.25, -0.2) is 0 Å². The summed E-state index contributed by atoms with van der Waals surface area (Å²) in [5, 5.41) is 3.80. The van der Waals surface area contributed by atoms with Crippen LogP contribution in [0.25, 0.3) is 10.1 Å². The third kappa shape index (κ3) is 4.90. The number of hydrogen-bond acceptors (Lipinski definition) is 5. The van der Waals surface area contributed by atoms with Gasteiger partial charge in [-0.1, -0.05) is 18.5 Å². The van der Waals surface area contributed by atoms with Crippen molar-refractivity contribution >= 4 is 56.4 Å². The van der Waals surface area contributed by atoms with Gasteiger partial charge in [0.25, 0.3) is 11.8 Å². The van der Waals surface area contributed by atoms with Gasteiger partial charge in [-0.05, 0) is 48.9 Å². The molecule has 0 bridgehead atoms. The molecule has 30 heavy (non-hydrogen) atoms. The fraction of sp³-hybridized carbons (Fsp3) is 0.190. The second-order valence-corrected chi connectivity index (χ2v) is 7.82. The highest BCUT2D eigenvalue weighted by Crippen LogP contribution is 2.37. The summed E-state index contributed by atoms with van der Waals surface area (Å²) < 4.78 is 5.99. The Hall–Kier alpha value is -3.10. The number of thiophene rings is 1. The van der Waals surface area contributed by atoms with Crippen LogP contribution in [0.4, 0.5) is 5.69 Å². The molecular formula is C21H20ClN3O4S. The molecule has 0 aliphatic rings. The van der Waals surface area contributed by atoms with E-state index in [4.69, 9.17) is 16.3 Å². The lowest BCUT2D eigenvalue weighted by Crippen LogP contribution is -2.41. The summed E-state index contributed by atoms with van der Waals surface area (Å²) in [7, 11) is 1.56. The van der Waals surface area contributed by atoms with Gasteiger partial charge in [0.15, 0.2) is 0 Å². The molecule has 0 spiro atoms. The molecule has 3 aromatic rings. The Labute approximate surface area is 182 Å². The van der Waals surface area contributed by atoms with E-state index in [1.54, 1.807) is 49.6 Å². The van der Waals surface area contributed by atoms with Gasteiger partial charge in [-0.3, -0.25) is 25.2 Å². The minimum Gasteiger partial charge on any atom is -0.497 e. The predicted molar refractivity (Wildman–Crippen MR) is 118 cm³/mol. The van der Waals surface area contributed by atoms with Crippen LogP contribution in [-0.2, 0) is 4.79 Å². The van der Waals surface area contributed by atoms with Crippen LogP contribution in [0.5, 0.6) is 5.75 Å². The topological polar surface area (TPSA) is 96.5 Å². The second kappa shape index (κ2) is 9.60. The summed E-state index contributed by atoms with van der Waals surface area (Å²) >= 11 is 7.53. The number of carbonyl (C=O) groups is 3. The monoisotopic (exact) mass is 445 g/mol. The van der Waals surface area contributed by atoms with E-state index < -0.39 is 11.8 Å². The van der Waals surface area contributed by atoms with Crippen molar-refractivity contribution in [3.8, 4) is 5.75 Å². The van der Waals surface area contributed by atoms with E-state index in [1.807, 2.05) is 6.92 Å². The normalized spacial score (nSPS) is 10.5.